The predicted octanol–water partition coefficient (Wildman–Crippen LogP) is 6.69. The Labute approximate surface area is 169 Å². The fraction of sp³-hybridized carbons (Fsp3) is 0.0769. The second-order valence-corrected chi connectivity index (χ2v) is 8.06. The molecule has 5 rings (SSSR count). The predicted molar refractivity (Wildman–Crippen MR) is 118 cm³/mol. The van der Waals surface area contributed by atoms with Crippen molar-refractivity contribution in [3.05, 3.63) is 137 Å². The van der Waals surface area contributed by atoms with E-state index in [1.54, 1.807) is 11.3 Å². The molecule has 0 atom stereocenters. The molecule has 0 amide bonds. The van der Waals surface area contributed by atoms with Gasteiger partial charge in [0.2, 0.25) is 0 Å². The van der Waals surface area contributed by atoms with Gasteiger partial charge >= 0.3 is 0 Å². The average molecular weight is 380 g/mol. The highest BCUT2D eigenvalue weighted by atomic mass is 32.1. The number of aryl methyl sites for hydroxylation is 1. The molecule has 0 unspecified atom stereocenters. The van der Waals surface area contributed by atoms with Crippen LogP contribution >= 0.6 is 11.3 Å². The Balaban J connectivity index is 1.99. The highest BCUT2D eigenvalue weighted by molar-refractivity contribution is 7.15. The van der Waals surface area contributed by atoms with Gasteiger partial charge in [0.25, 0.3) is 0 Å². The molecule has 2 heterocycles. The van der Waals surface area contributed by atoms with Gasteiger partial charge < -0.3 is 4.40 Å². The van der Waals surface area contributed by atoms with Crippen molar-refractivity contribution in [3.8, 4) is 0 Å². The Hall–Kier alpha value is -3.10. The maximum atomic E-state index is 2.37. The summed E-state index contributed by atoms with van der Waals surface area (Å²) >= 11 is 1.79. The molecule has 2 aromatic heterocycles. The number of aromatic nitrogens is 1. The highest BCUT2D eigenvalue weighted by Crippen LogP contribution is 2.47. The molecule has 0 N–H and O–H groups in total. The van der Waals surface area contributed by atoms with E-state index in [-0.39, 0.29) is 5.41 Å². The first-order chi connectivity index (χ1) is 13.8. The van der Waals surface area contributed by atoms with Crippen LogP contribution in [0.3, 0.4) is 0 Å². The van der Waals surface area contributed by atoms with Crippen LogP contribution in [0.5, 0.6) is 0 Å². The monoisotopic (exact) mass is 379 g/mol. The van der Waals surface area contributed by atoms with Gasteiger partial charge in [0, 0.05) is 17.3 Å². The lowest BCUT2D eigenvalue weighted by atomic mass is 9.66. The maximum absolute atomic E-state index is 2.37. The normalized spacial score (nSPS) is 11.8. The van der Waals surface area contributed by atoms with E-state index in [9.17, 15) is 0 Å². The molecule has 28 heavy (non-hydrogen) atoms. The molecular weight excluding hydrogens is 358 g/mol. The lowest BCUT2D eigenvalue weighted by Crippen LogP contribution is -2.33. The van der Waals surface area contributed by atoms with Gasteiger partial charge in [-0.05, 0) is 35.2 Å². The minimum Gasteiger partial charge on any atom is -0.310 e. The Kier molecular flexibility index (Phi) is 4.14. The topological polar surface area (TPSA) is 4.41 Å². The zero-order chi connectivity index (χ0) is 19.0. The zero-order valence-corrected chi connectivity index (χ0v) is 16.6. The standard InChI is InChI=1S/C26H21NS/c1-20-19-24-27(17-18-28-24)25(20)26(21-11-5-2-6-12-21,22-13-7-3-8-14-22)23-15-9-4-10-16-23/h2-19H,1H3. The van der Waals surface area contributed by atoms with Gasteiger partial charge in [-0.15, -0.1) is 11.3 Å². The first-order valence-electron chi connectivity index (χ1n) is 9.54. The summed E-state index contributed by atoms with van der Waals surface area (Å²) in [7, 11) is 0. The fourth-order valence-corrected chi connectivity index (χ4v) is 5.31. The second kappa shape index (κ2) is 6.81. The van der Waals surface area contributed by atoms with Gasteiger partial charge in [-0.3, -0.25) is 0 Å². The number of benzene rings is 3. The largest absolute Gasteiger partial charge is 0.310 e. The highest BCUT2D eigenvalue weighted by Gasteiger charge is 2.41. The Morgan fingerprint density at radius 2 is 1.14 bits per heavy atom. The summed E-state index contributed by atoms with van der Waals surface area (Å²) in [4.78, 5) is 1.28. The van der Waals surface area contributed by atoms with Gasteiger partial charge in [-0.1, -0.05) is 91.0 Å². The van der Waals surface area contributed by atoms with Crippen LogP contribution in [-0.4, -0.2) is 4.40 Å². The Morgan fingerprint density at radius 3 is 1.61 bits per heavy atom. The van der Waals surface area contributed by atoms with E-state index >= 15 is 0 Å². The molecule has 136 valence electrons. The van der Waals surface area contributed by atoms with E-state index in [4.69, 9.17) is 0 Å². The van der Waals surface area contributed by atoms with Crippen LogP contribution in [0.15, 0.2) is 109 Å². The number of nitrogens with zero attached hydrogens (tertiary/aromatic N) is 1. The molecule has 1 nitrogen and oxygen atoms in total. The third-order valence-electron chi connectivity index (χ3n) is 5.57. The van der Waals surface area contributed by atoms with E-state index in [2.05, 4.69) is 120 Å². The van der Waals surface area contributed by atoms with E-state index in [0.717, 1.165) is 0 Å². The summed E-state index contributed by atoms with van der Waals surface area (Å²) in [6, 6.07) is 35.0. The Morgan fingerprint density at radius 1 is 0.679 bits per heavy atom. The molecule has 5 aromatic rings. The number of thiazole rings is 1. The Bertz CT molecular complexity index is 1100. The summed E-state index contributed by atoms with van der Waals surface area (Å²) in [5, 5.41) is 2.17. The summed E-state index contributed by atoms with van der Waals surface area (Å²) in [6.45, 7) is 2.23. The van der Waals surface area contributed by atoms with Crippen molar-refractivity contribution in [2.75, 3.05) is 0 Å². The van der Waals surface area contributed by atoms with Crippen LogP contribution in [0, 0.1) is 6.92 Å². The van der Waals surface area contributed by atoms with Crippen LogP contribution in [0.25, 0.3) is 4.83 Å². The molecule has 0 aliphatic carbocycles. The van der Waals surface area contributed by atoms with E-state index in [0.29, 0.717) is 0 Å². The summed E-state index contributed by atoms with van der Waals surface area (Å²) in [6.07, 6.45) is 2.20. The lowest BCUT2D eigenvalue weighted by molar-refractivity contribution is 0.701. The van der Waals surface area contributed by atoms with Gasteiger partial charge in [0.1, 0.15) is 0 Å². The molecule has 0 spiro atoms. The van der Waals surface area contributed by atoms with Gasteiger partial charge in [-0.2, -0.15) is 0 Å². The van der Waals surface area contributed by atoms with Gasteiger partial charge in [0.15, 0.2) is 0 Å². The number of hydrogen-bond donors (Lipinski definition) is 0. The van der Waals surface area contributed by atoms with Crippen LogP contribution in [0.2, 0.25) is 0 Å². The summed E-state index contributed by atoms with van der Waals surface area (Å²) in [5.41, 5.74) is 6.07. The minimum atomic E-state index is -0.388. The smallest absolute Gasteiger partial charge is 0.0996 e. The number of hydrogen-bond acceptors (Lipinski definition) is 1. The van der Waals surface area contributed by atoms with Crippen molar-refractivity contribution in [2.24, 2.45) is 0 Å². The fourth-order valence-electron chi connectivity index (χ4n) is 4.47. The first-order valence-corrected chi connectivity index (χ1v) is 10.4. The summed E-state index contributed by atoms with van der Waals surface area (Å²) < 4.78 is 2.37. The number of fused-ring (bicyclic) bond motifs is 1. The van der Waals surface area contributed by atoms with Crippen LogP contribution in [-0.2, 0) is 5.41 Å². The molecule has 0 aliphatic rings. The zero-order valence-electron chi connectivity index (χ0n) is 15.7. The second-order valence-electron chi connectivity index (χ2n) is 7.14. The third-order valence-corrected chi connectivity index (χ3v) is 6.38. The van der Waals surface area contributed by atoms with Crippen molar-refractivity contribution in [1.29, 1.82) is 0 Å². The first kappa shape index (κ1) is 17.0. The van der Waals surface area contributed by atoms with E-state index in [1.807, 2.05) is 0 Å². The molecule has 3 aromatic carbocycles. The van der Waals surface area contributed by atoms with Crippen LogP contribution in [0.1, 0.15) is 27.9 Å². The summed E-state index contributed by atoms with van der Waals surface area (Å²) in [5.74, 6) is 0. The molecule has 0 aliphatic heterocycles. The third kappa shape index (κ3) is 2.45. The molecule has 0 radical (unpaired) electrons. The van der Waals surface area contributed by atoms with Crippen molar-refractivity contribution in [1.82, 2.24) is 4.40 Å². The average Bonchev–Trinajstić information content (AvgIpc) is 3.33. The van der Waals surface area contributed by atoms with Crippen molar-refractivity contribution in [2.45, 2.75) is 12.3 Å². The molecule has 0 fully saturated rings. The van der Waals surface area contributed by atoms with Gasteiger partial charge in [-0.25, -0.2) is 0 Å². The van der Waals surface area contributed by atoms with Crippen molar-refractivity contribution in [3.63, 3.8) is 0 Å². The molecular formula is C26H21NS. The van der Waals surface area contributed by atoms with E-state index < -0.39 is 0 Å². The van der Waals surface area contributed by atoms with Crippen molar-refractivity contribution >= 4 is 16.2 Å². The quantitative estimate of drug-likeness (QED) is 0.306. The van der Waals surface area contributed by atoms with Crippen LogP contribution in [0.4, 0.5) is 0 Å². The van der Waals surface area contributed by atoms with Crippen LogP contribution < -0.4 is 0 Å². The molecule has 2 heteroatoms. The van der Waals surface area contributed by atoms with E-state index in [1.165, 1.54) is 32.8 Å². The lowest BCUT2D eigenvalue weighted by Gasteiger charge is -2.37. The number of rotatable bonds is 4. The van der Waals surface area contributed by atoms with Crippen molar-refractivity contribution < 1.29 is 0 Å². The minimum absolute atomic E-state index is 0.388. The molecule has 0 saturated carbocycles. The SMILES string of the molecule is Cc1cc2sccn2c1C(c1ccccc1)(c1ccccc1)c1ccccc1. The molecule has 0 bridgehead atoms. The molecule has 0 saturated heterocycles. The van der Waals surface area contributed by atoms with Gasteiger partial charge in [0.05, 0.1) is 10.2 Å². The maximum Gasteiger partial charge on any atom is 0.0996 e.